The van der Waals surface area contributed by atoms with Crippen LogP contribution in [0.1, 0.15) is 32.3 Å². The van der Waals surface area contributed by atoms with E-state index >= 15 is 0 Å². The molecule has 0 heterocycles. The minimum atomic E-state index is -0.0734. The van der Waals surface area contributed by atoms with Gasteiger partial charge in [-0.1, -0.05) is 26.0 Å². The molecule has 0 saturated heterocycles. The Morgan fingerprint density at radius 2 is 1.95 bits per heavy atom. The monoisotopic (exact) mass is 258 g/mol. The van der Waals surface area contributed by atoms with Gasteiger partial charge < -0.3 is 10.1 Å². The van der Waals surface area contributed by atoms with Gasteiger partial charge in [-0.3, -0.25) is 0 Å². The van der Waals surface area contributed by atoms with Crippen molar-refractivity contribution in [3.63, 3.8) is 0 Å². The van der Waals surface area contributed by atoms with Crippen molar-refractivity contribution in [3.05, 3.63) is 29.8 Å². The van der Waals surface area contributed by atoms with Crippen molar-refractivity contribution in [2.75, 3.05) is 20.2 Å². The van der Waals surface area contributed by atoms with Gasteiger partial charge >= 0.3 is 0 Å². The van der Waals surface area contributed by atoms with E-state index in [1.807, 2.05) is 12.1 Å². The minimum absolute atomic E-state index is 0.0534. The molecule has 1 N–H and O–H groups in total. The second-order valence-electron chi connectivity index (χ2n) is 6.11. The first kappa shape index (κ1) is 13.9. The zero-order valence-corrected chi connectivity index (χ0v) is 12.0. The third-order valence-corrected chi connectivity index (χ3v) is 3.99. The summed E-state index contributed by atoms with van der Waals surface area (Å²) in [4.78, 5) is 0. The van der Waals surface area contributed by atoms with Crippen LogP contribution in [0.3, 0.4) is 0 Å². The smallest absolute Gasteiger partial charge is 0.118 e. The van der Waals surface area contributed by atoms with Gasteiger partial charge in [0.1, 0.15) is 5.75 Å². The highest BCUT2D eigenvalue weighted by atomic mass is 16.5. The third-order valence-electron chi connectivity index (χ3n) is 3.99. The number of hydrogen-bond acceptors (Lipinski definition) is 3. The molecule has 1 aromatic carbocycles. The molecule has 0 spiro atoms. The first-order chi connectivity index (χ1) is 9.01. The maximum absolute atomic E-state index is 9.06. The van der Waals surface area contributed by atoms with Gasteiger partial charge in [-0.05, 0) is 30.5 Å². The van der Waals surface area contributed by atoms with E-state index in [2.05, 4.69) is 37.4 Å². The van der Waals surface area contributed by atoms with Crippen LogP contribution in [0.2, 0.25) is 0 Å². The van der Waals surface area contributed by atoms with Crippen molar-refractivity contribution >= 4 is 0 Å². The molecule has 1 aromatic rings. The molecule has 1 aliphatic carbocycles. The molecule has 2 rings (SSSR count). The van der Waals surface area contributed by atoms with E-state index in [0.29, 0.717) is 0 Å². The Balaban J connectivity index is 1.91. The molecule has 0 radical (unpaired) electrons. The molecule has 3 nitrogen and oxygen atoms in total. The molecular formula is C16H22N2O. The Kier molecular flexibility index (Phi) is 3.82. The molecular weight excluding hydrogens is 236 g/mol. The van der Waals surface area contributed by atoms with Gasteiger partial charge in [0.15, 0.2) is 0 Å². The maximum atomic E-state index is 9.06. The molecule has 1 aliphatic rings. The quantitative estimate of drug-likeness (QED) is 0.853. The fourth-order valence-corrected chi connectivity index (χ4v) is 2.24. The SMILES string of the molecule is COc1ccc(C(C)(C)CNCC2(C#N)CC2)cc1. The average Bonchev–Trinajstić information content (AvgIpc) is 3.19. The van der Waals surface area contributed by atoms with Crippen LogP contribution in [-0.2, 0) is 5.41 Å². The number of nitrogens with one attached hydrogen (secondary N) is 1. The summed E-state index contributed by atoms with van der Waals surface area (Å²) in [5, 5.41) is 12.5. The second-order valence-corrected chi connectivity index (χ2v) is 6.11. The summed E-state index contributed by atoms with van der Waals surface area (Å²) in [6, 6.07) is 10.6. The maximum Gasteiger partial charge on any atom is 0.118 e. The summed E-state index contributed by atoms with van der Waals surface area (Å²) < 4.78 is 5.18. The van der Waals surface area contributed by atoms with Gasteiger partial charge in [0.2, 0.25) is 0 Å². The average molecular weight is 258 g/mol. The van der Waals surface area contributed by atoms with Crippen molar-refractivity contribution < 1.29 is 4.74 Å². The zero-order valence-electron chi connectivity index (χ0n) is 12.0. The Morgan fingerprint density at radius 3 is 2.42 bits per heavy atom. The van der Waals surface area contributed by atoms with E-state index in [4.69, 9.17) is 10.00 Å². The van der Waals surface area contributed by atoms with Gasteiger partial charge in [-0.15, -0.1) is 0 Å². The molecule has 19 heavy (non-hydrogen) atoms. The Bertz CT molecular complexity index is 467. The standard InChI is InChI=1S/C16H22N2O/c1-15(2,11-18-12-16(10-17)8-9-16)13-4-6-14(19-3)7-5-13/h4-7,18H,8-9,11-12H2,1-3H3. The molecule has 0 atom stereocenters. The van der Waals surface area contributed by atoms with E-state index in [0.717, 1.165) is 31.7 Å². The van der Waals surface area contributed by atoms with Crippen molar-refractivity contribution in [2.24, 2.45) is 5.41 Å². The second kappa shape index (κ2) is 5.22. The Hall–Kier alpha value is -1.53. The number of benzene rings is 1. The zero-order chi connectivity index (χ0) is 13.9. The van der Waals surface area contributed by atoms with Crippen LogP contribution >= 0.6 is 0 Å². The van der Waals surface area contributed by atoms with Crippen LogP contribution in [0.5, 0.6) is 5.75 Å². The van der Waals surface area contributed by atoms with Crippen molar-refractivity contribution in [1.29, 1.82) is 5.26 Å². The fourth-order valence-electron chi connectivity index (χ4n) is 2.24. The largest absolute Gasteiger partial charge is 0.497 e. The lowest BCUT2D eigenvalue weighted by atomic mass is 9.84. The summed E-state index contributed by atoms with van der Waals surface area (Å²) in [5.41, 5.74) is 1.26. The lowest BCUT2D eigenvalue weighted by Crippen LogP contribution is -2.35. The number of rotatable bonds is 6. The molecule has 1 fully saturated rings. The topological polar surface area (TPSA) is 45.0 Å². The predicted molar refractivity (Wildman–Crippen MR) is 76.2 cm³/mol. The van der Waals surface area contributed by atoms with Crippen LogP contribution in [-0.4, -0.2) is 20.2 Å². The van der Waals surface area contributed by atoms with Gasteiger partial charge in [0.25, 0.3) is 0 Å². The van der Waals surface area contributed by atoms with E-state index in [1.165, 1.54) is 5.56 Å². The normalized spacial score (nSPS) is 16.7. The van der Waals surface area contributed by atoms with Gasteiger partial charge in [0, 0.05) is 18.5 Å². The van der Waals surface area contributed by atoms with Crippen LogP contribution in [0.25, 0.3) is 0 Å². The van der Waals surface area contributed by atoms with E-state index < -0.39 is 0 Å². The summed E-state index contributed by atoms with van der Waals surface area (Å²) in [5.74, 6) is 0.883. The molecule has 0 aromatic heterocycles. The number of methoxy groups -OCH3 is 1. The molecule has 0 amide bonds. The van der Waals surface area contributed by atoms with E-state index in [-0.39, 0.29) is 10.8 Å². The lowest BCUT2D eigenvalue weighted by Gasteiger charge is -2.26. The lowest BCUT2D eigenvalue weighted by molar-refractivity contribution is 0.412. The first-order valence-corrected chi connectivity index (χ1v) is 6.78. The Labute approximate surface area is 115 Å². The third kappa shape index (κ3) is 3.27. The van der Waals surface area contributed by atoms with Crippen molar-refractivity contribution in [3.8, 4) is 11.8 Å². The van der Waals surface area contributed by atoms with E-state index in [1.54, 1.807) is 7.11 Å². The van der Waals surface area contributed by atoms with Gasteiger partial charge in [-0.2, -0.15) is 5.26 Å². The highest BCUT2D eigenvalue weighted by Gasteiger charge is 2.42. The van der Waals surface area contributed by atoms with Crippen LogP contribution < -0.4 is 10.1 Å². The summed E-state index contributed by atoms with van der Waals surface area (Å²) in [7, 11) is 1.68. The molecule has 0 aliphatic heterocycles. The highest BCUT2D eigenvalue weighted by Crippen LogP contribution is 2.44. The van der Waals surface area contributed by atoms with Crippen LogP contribution in [0, 0.1) is 16.7 Å². The Morgan fingerprint density at radius 1 is 1.32 bits per heavy atom. The fraction of sp³-hybridized carbons (Fsp3) is 0.562. The number of ether oxygens (including phenoxy) is 1. The number of nitriles is 1. The predicted octanol–water partition coefficient (Wildman–Crippen LogP) is 2.87. The van der Waals surface area contributed by atoms with Gasteiger partial charge in [-0.25, -0.2) is 0 Å². The van der Waals surface area contributed by atoms with Gasteiger partial charge in [0.05, 0.1) is 18.6 Å². The first-order valence-electron chi connectivity index (χ1n) is 6.78. The van der Waals surface area contributed by atoms with Crippen molar-refractivity contribution in [2.45, 2.75) is 32.1 Å². The van der Waals surface area contributed by atoms with E-state index in [9.17, 15) is 0 Å². The molecule has 0 bridgehead atoms. The number of nitrogens with zero attached hydrogens (tertiary/aromatic N) is 1. The van der Waals surface area contributed by atoms with Crippen molar-refractivity contribution in [1.82, 2.24) is 5.32 Å². The van der Waals surface area contributed by atoms with Crippen LogP contribution in [0.15, 0.2) is 24.3 Å². The summed E-state index contributed by atoms with van der Waals surface area (Å²) in [6.07, 6.45) is 2.08. The molecule has 102 valence electrons. The highest BCUT2D eigenvalue weighted by molar-refractivity contribution is 5.31. The van der Waals surface area contributed by atoms with Crippen LogP contribution in [0.4, 0.5) is 0 Å². The number of hydrogen-bond donors (Lipinski definition) is 1. The minimum Gasteiger partial charge on any atom is -0.497 e. The molecule has 0 unspecified atom stereocenters. The molecule has 3 heteroatoms. The molecule has 1 saturated carbocycles. The summed E-state index contributed by atoms with van der Waals surface area (Å²) in [6.45, 7) is 6.12. The summed E-state index contributed by atoms with van der Waals surface area (Å²) >= 11 is 0.